The maximum Gasteiger partial charge on any atom is 0.255 e. The molecule has 6 heteroatoms. The van der Waals surface area contributed by atoms with Gasteiger partial charge in [0.25, 0.3) is 5.91 Å². The van der Waals surface area contributed by atoms with E-state index in [1.807, 2.05) is 30.3 Å². The van der Waals surface area contributed by atoms with Gasteiger partial charge < -0.3 is 10.2 Å². The molecule has 26 heavy (non-hydrogen) atoms. The third-order valence-corrected chi connectivity index (χ3v) is 4.37. The van der Waals surface area contributed by atoms with Gasteiger partial charge in [-0.2, -0.15) is 0 Å². The van der Waals surface area contributed by atoms with Crippen molar-refractivity contribution in [1.82, 2.24) is 9.88 Å². The van der Waals surface area contributed by atoms with E-state index in [1.165, 1.54) is 0 Å². The summed E-state index contributed by atoms with van der Waals surface area (Å²) in [5.74, 6) is -0.109. The number of carbonyl (C=O) groups is 1. The van der Waals surface area contributed by atoms with Crippen molar-refractivity contribution >= 4 is 40.5 Å². The third kappa shape index (κ3) is 4.54. The molecule has 1 heterocycles. The molecule has 1 amide bonds. The summed E-state index contributed by atoms with van der Waals surface area (Å²) >= 11 is 12.2. The van der Waals surface area contributed by atoms with Crippen LogP contribution in [0.1, 0.15) is 15.9 Å². The van der Waals surface area contributed by atoms with Gasteiger partial charge >= 0.3 is 0 Å². The number of hydrogen-bond donors (Lipinski definition) is 1. The van der Waals surface area contributed by atoms with E-state index in [0.29, 0.717) is 33.5 Å². The van der Waals surface area contributed by atoms with E-state index in [-0.39, 0.29) is 5.91 Å². The number of anilines is 2. The molecule has 0 aliphatic heterocycles. The Labute approximate surface area is 162 Å². The van der Waals surface area contributed by atoms with Gasteiger partial charge in [-0.15, -0.1) is 0 Å². The van der Waals surface area contributed by atoms with Gasteiger partial charge in [0.05, 0.1) is 28.2 Å². The minimum Gasteiger partial charge on any atom is -0.353 e. The molecule has 3 aromatic rings. The fourth-order valence-corrected chi connectivity index (χ4v) is 2.86. The summed E-state index contributed by atoms with van der Waals surface area (Å²) in [6.07, 6.45) is 3.18. The molecule has 2 aromatic carbocycles. The smallest absolute Gasteiger partial charge is 0.255 e. The average Bonchev–Trinajstić information content (AvgIpc) is 2.65. The summed E-state index contributed by atoms with van der Waals surface area (Å²) in [6.45, 7) is 0.525. The topological polar surface area (TPSA) is 45.2 Å². The second-order valence-electron chi connectivity index (χ2n) is 5.86. The van der Waals surface area contributed by atoms with Crippen molar-refractivity contribution < 1.29 is 4.79 Å². The van der Waals surface area contributed by atoms with Gasteiger partial charge in [-0.05, 0) is 29.8 Å². The number of aromatic nitrogens is 1. The second-order valence-corrected chi connectivity index (χ2v) is 6.70. The molecule has 132 valence electrons. The van der Waals surface area contributed by atoms with Gasteiger partial charge in [-0.3, -0.25) is 9.78 Å². The molecule has 0 bridgehead atoms. The predicted octanol–water partition coefficient (Wildman–Crippen LogP) is 5.40. The minimum atomic E-state index is -0.109. The molecular formula is C20H17Cl2N3O. The number of nitrogens with zero attached hydrogens (tertiary/aromatic N) is 2. The zero-order valence-corrected chi connectivity index (χ0v) is 15.6. The fourth-order valence-electron chi connectivity index (χ4n) is 2.52. The number of hydrogen-bond acceptors (Lipinski definition) is 3. The first kappa shape index (κ1) is 18.2. The molecule has 0 fully saturated rings. The van der Waals surface area contributed by atoms with Gasteiger partial charge in [0.2, 0.25) is 0 Å². The van der Waals surface area contributed by atoms with Crippen molar-refractivity contribution in [2.75, 3.05) is 12.4 Å². The van der Waals surface area contributed by atoms with Crippen molar-refractivity contribution in [1.29, 1.82) is 0 Å². The van der Waals surface area contributed by atoms with Gasteiger partial charge in [0.15, 0.2) is 0 Å². The Morgan fingerprint density at radius 2 is 1.85 bits per heavy atom. The lowest BCUT2D eigenvalue weighted by Gasteiger charge is -2.18. The molecule has 1 N–H and O–H groups in total. The van der Waals surface area contributed by atoms with Crippen molar-refractivity contribution in [2.24, 2.45) is 0 Å². The molecule has 0 saturated carbocycles. The Balaban J connectivity index is 1.76. The van der Waals surface area contributed by atoms with Crippen LogP contribution in [0.4, 0.5) is 11.4 Å². The first-order valence-corrected chi connectivity index (χ1v) is 8.75. The summed E-state index contributed by atoms with van der Waals surface area (Å²) in [5, 5.41) is 4.25. The lowest BCUT2D eigenvalue weighted by Crippen LogP contribution is -2.26. The summed E-state index contributed by atoms with van der Waals surface area (Å²) in [6, 6.07) is 16.7. The lowest BCUT2D eigenvalue weighted by molar-refractivity contribution is 0.0784. The van der Waals surface area contributed by atoms with Crippen LogP contribution < -0.4 is 5.32 Å². The number of carbonyl (C=O) groups excluding carboxylic acids is 1. The van der Waals surface area contributed by atoms with E-state index in [4.69, 9.17) is 23.2 Å². The highest BCUT2D eigenvalue weighted by Gasteiger charge is 2.13. The monoisotopic (exact) mass is 385 g/mol. The van der Waals surface area contributed by atoms with E-state index in [1.54, 1.807) is 48.6 Å². The van der Waals surface area contributed by atoms with Gasteiger partial charge in [-0.25, -0.2) is 0 Å². The zero-order chi connectivity index (χ0) is 18.5. The Bertz CT molecular complexity index is 916. The predicted molar refractivity (Wildman–Crippen MR) is 106 cm³/mol. The summed E-state index contributed by atoms with van der Waals surface area (Å²) in [5.41, 5.74) is 2.87. The quantitative estimate of drug-likeness (QED) is 0.638. The van der Waals surface area contributed by atoms with Gasteiger partial charge in [0, 0.05) is 24.8 Å². The molecule has 3 rings (SSSR count). The highest BCUT2D eigenvalue weighted by molar-refractivity contribution is 6.35. The third-order valence-electron chi connectivity index (χ3n) is 3.80. The normalized spacial score (nSPS) is 10.4. The van der Waals surface area contributed by atoms with Crippen molar-refractivity contribution in [3.63, 3.8) is 0 Å². The van der Waals surface area contributed by atoms with E-state index in [9.17, 15) is 4.79 Å². The molecule has 0 atom stereocenters. The number of benzene rings is 2. The van der Waals surface area contributed by atoms with Crippen LogP contribution in [0.2, 0.25) is 10.0 Å². The number of nitrogens with one attached hydrogen (secondary N) is 1. The SMILES string of the molecule is CN(Cc1ccccc1)C(=O)c1cncc(Nc2cc(Cl)ccc2Cl)c1. The molecule has 0 saturated heterocycles. The highest BCUT2D eigenvalue weighted by atomic mass is 35.5. The van der Waals surface area contributed by atoms with Crippen molar-refractivity contribution in [3.8, 4) is 0 Å². The summed E-state index contributed by atoms with van der Waals surface area (Å²) in [7, 11) is 1.77. The van der Waals surface area contributed by atoms with Crippen LogP contribution in [0.25, 0.3) is 0 Å². The number of pyridine rings is 1. The minimum absolute atomic E-state index is 0.109. The van der Waals surface area contributed by atoms with Crippen LogP contribution in [0.15, 0.2) is 67.0 Å². The molecule has 0 unspecified atom stereocenters. The number of halogens is 2. The number of rotatable bonds is 5. The second kappa shape index (κ2) is 8.21. The Hall–Kier alpha value is -2.56. The molecule has 1 aromatic heterocycles. The van der Waals surface area contributed by atoms with Crippen LogP contribution in [0, 0.1) is 0 Å². The van der Waals surface area contributed by atoms with Gasteiger partial charge in [-0.1, -0.05) is 53.5 Å². The molecule has 0 radical (unpaired) electrons. The first-order chi connectivity index (χ1) is 12.5. The standard InChI is InChI=1S/C20H17Cl2N3O/c1-25(13-14-5-3-2-4-6-14)20(26)15-9-17(12-23-11-15)24-19-10-16(21)7-8-18(19)22/h2-12,24H,13H2,1H3. The first-order valence-electron chi connectivity index (χ1n) is 7.99. The zero-order valence-electron chi connectivity index (χ0n) is 14.1. The van der Waals surface area contributed by atoms with E-state index >= 15 is 0 Å². The molecule has 0 aliphatic rings. The van der Waals surface area contributed by atoms with Crippen molar-refractivity contribution in [2.45, 2.75) is 6.54 Å². The van der Waals surface area contributed by atoms with Crippen molar-refractivity contribution in [3.05, 3.63) is 88.2 Å². The maximum absolute atomic E-state index is 12.7. The van der Waals surface area contributed by atoms with E-state index in [2.05, 4.69) is 10.3 Å². The van der Waals surface area contributed by atoms with Crippen LogP contribution in [0.3, 0.4) is 0 Å². The highest BCUT2D eigenvalue weighted by Crippen LogP contribution is 2.28. The Morgan fingerprint density at radius 1 is 1.08 bits per heavy atom. The fraction of sp³-hybridized carbons (Fsp3) is 0.100. The Morgan fingerprint density at radius 3 is 2.62 bits per heavy atom. The molecule has 0 aliphatic carbocycles. The Kier molecular flexibility index (Phi) is 5.76. The summed E-state index contributed by atoms with van der Waals surface area (Å²) < 4.78 is 0. The van der Waals surface area contributed by atoms with Gasteiger partial charge in [0.1, 0.15) is 0 Å². The van der Waals surface area contributed by atoms with Crippen LogP contribution in [-0.4, -0.2) is 22.8 Å². The summed E-state index contributed by atoms with van der Waals surface area (Å²) in [4.78, 5) is 18.5. The number of amides is 1. The van der Waals surface area contributed by atoms with E-state index in [0.717, 1.165) is 5.56 Å². The lowest BCUT2D eigenvalue weighted by atomic mass is 10.2. The average molecular weight is 386 g/mol. The van der Waals surface area contributed by atoms with Crippen LogP contribution >= 0.6 is 23.2 Å². The van der Waals surface area contributed by atoms with Crippen LogP contribution in [-0.2, 0) is 6.54 Å². The molecule has 0 spiro atoms. The molecule has 4 nitrogen and oxygen atoms in total. The van der Waals surface area contributed by atoms with E-state index < -0.39 is 0 Å². The van der Waals surface area contributed by atoms with Crippen LogP contribution in [0.5, 0.6) is 0 Å². The largest absolute Gasteiger partial charge is 0.353 e. The molecular weight excluding hydrogens is 369 g/mol. The maximum atomic E-state index is 12.7.